The van der Waals surface area contributed by atoms with Crippen molar-refractivity contribution in [1.29, 1.82) is 0 Å². The quantitative estimate of drug-likeness (QED) is 0.755. The molecule has 9 nitrogen and oxygen atoms in total. The van der Waals surface area contributed by atoms with Gasteiger partial charge in [-0.05, 0) is 31.5 Å². The molecule has 0 saturated carbocycles. The number of aromatic hydroxyl groups is 1. The van der Waals surface area contributed by atoms with Crippen molar-refractivity contribution in [2.75, 3.05) is 4.72 Å². The van der Waals surface area contributed by atoms with Crippen LogP contribution >= 0.6 is 0 Å². The number of carboxylic acids is 1. The van der Waals surface area contributed by atoms with Crippen LogP contribution in [-0.2, 0) is 10.0 Å². The second-order valence-corrected chi connectivity index (χ2v) is 5.84. The lowest BCUT2D eigenvalue weighted by Gasteiger charge is -2.09. The van der Waals surface area contributed by atoms with Crippen molar-refractivity contribution < 1.29 is 27.9 Å². The van der Waals surface area contributed by atoms with Crippen molar-refractivity contribution in [1.82, 2.24) is 10.1 Å². The molecule has 1 aromatic carbocycles. The fraction of sp³-hybridized carbons (Fsp3) is 0.182. The van der Waals surface area contributed by atoms with Crippen LogP contribution in [0.3, 0.4) is 0 Å². The van der Waals surface area contributed by atoms with Crippen LogP contribution in [0.4, 0.5) is 6.01 Å². The van der Waals surface area contributed by atoms with E-state index < -0.39 is 27.3 Å². The van der Waals surface area contributed by atoms with Gasteiger partial charge in [-0.15, -0.1) is 0 Å². The van der Waals surface area contributed by atoms with Crippen LogP contribution in [0.5, 0.6) is 5.75 Å². The Kier molecular flexibility index (Phi) is 3.56. The summed E-state index contributed by atoms with van der Waals surface area (Å²) in [4.78, 5) is 14.3. The largest absolute Gasteiger partial charge is 0.507 e. The molecular formula is C11H11N3O6S. The van der Waals surface area contributed by atoms with Crippen LogP contribution in [0.15, 0.2) is 21.6 Å². The average molecular weight is 313 g/mol. The fourth-order valence-electron chi connectivity index (χ4n) is 1.64. The highest BCUT2D eigenvalue weighted by Crippen LogP contribution is 2.26. The topological polar surface area (TPSA) is 143 Å². The van der Waals surface area contributed by atoms with Crippen molar-refractivity contribution in [3.8, 4) is 5.75 Å². The molecule has 112 valence electrons. The summed E-state index contributed by atoms with van der Waals surface area (Å²) in [6.07, 6.45) is 0. The van der Waals surface area contributed by atoms with Gasteiger partial charge in [0.1, 0.15) is 11.3 Å². The lowest BCUT2D eigenvalue weighted by Crippen LogP contribution is -2.15. The summed E-state index contributed by atoms with van der Waals surface area (Å²) in [5.41, 5.74) is -0.357. The molecule has 2 aromatic rings. The van der Waals surface area contributed by atoms with Crippen molar-refractivity contribution in [3.63, 3.8) is 0 Å². The maximum atomic E-state index is 12.2. The molecule has 0 bridgehead atoms. The predicted molar refractivity (Wildman–Crippen MR) is 69.6 cm³/mol. The predicted octanol–water partition coefficient (Wildman–Crippen LogP) is 0.891. The van der Waals surface area contributed by atoms with Crippen LogP contribution in [0.2, 0.25) is 0 Å². The summed E-state index contributed by atoms with van der Waals surface area (Å²) in [5.74, 6) is -1.73. The lowest BCUT2D eigenvalue weighted by atomic mass is 10.1. The van der Waals surface area contributed by atoms with Gasteiger partial charge in [0.15, 0.2) is 5.82 Å². The first-order valence-corrected chi connectivity index (χ1v) is 7.09. The molecule has 0 aliphatic carbocycles. The third-order valence-electron chi connectivity index (χ3n) is 2.56. The summed E-state index contributed by atoms with van der Waals surface area (Å²) in [6, 6.07) is 1.58. The molecular weight excluding hydrogens is 302 g/mol. The van der Waals surface area contributed by atoms with Gasteiger partial charge in [0.25, 0.3) is 10.0 Å². The summed E-state index contributed by atoms with van der Waals surface area (Å²) >= 11 is 0. The summed E-state index contributed by atoms with van der Waals surface area (Å²) in [5, 5.41) is 21.9. The lowest BCUT2D eigenvalue weighted by molar-refractivity contribution is 0.0693. The Labute approximate surface area is 119 Å². The number of sulfonamides is 1. The van der Waals surface area contributed by atoms with Gasteiger partial charge in [-0.3, -0.25) is 0 Å². The van der Waals surface area contributed by atoms with Crippen molar-refractivity contribution in [2.24, 2.45) is 0 Å². The maximum Gasteiger partial charge on any atom is 0.339 e. The van der Waals surface area contributed by atoms with E-state index in [0.29, 0.717) is 0 Å². The number of benzene rings is 1. The third-order valence-corrected chi connectivity index (χ3v) is 4.02. The molecule has 0 atom stereocenters. The number of aryl methyl sites for hydroxylation is 2. The van der Waals surface area contributed by atoms with Crippen molar-refractivity contribution in [3.05, 3.63) is 29.1 Å². The number of carboxylic acid groups (broad SMARTS) is 1. The van der Waals surface area contributed by atoms with Crippen LogP contribution in [0.1, 0.15) is 21.7 Å². The number of nitrogens with zero attached hydrogens (tertiary/aromatic N) is 2. The normalized spacial score (nSPS) is 11.3. The number of phenols is 1. The molecule has 0 amide bonds. The minimum atomic E-state index is -4.12. The Balaban J connectivity index is 2.49. The number of hydrogen-bond donors (Lipinski definition) is 3. The van der Waals surface area contributed by atoms with Gasteiger partial charge in [0, 0.05) is 0 Å². The van der Waals surface area contributed by atoms with Crippen LogP contribution in [-0.4, -0.2) is 34.7 Å². The number of aromatic nitrogens is 2. The Morgan fingerprint density at radius 1 is 1.33 bits per heavy atom. The Bertz CT molecular complexity index is 811. The molecule has 2 rings (SSSR count). The Morgan fingerprint density at radius 2 is 2.00 bits per heavy atom. The molecule has 1 aromatic heterocycles. The summed E-state index contributed by atoms with van der Waals surface area (Å²) in [6.45, 7) is 2.93. The number of nitrogens with one attached hydrogen (secondary N) is 1. The number of anilines is 1. The van der Waals surface area contributed by atoms with E-state index in [1.807, 2.05) is 4.72 Å². The second kappa shape index (κ2) is 5.05. The van der Waals surface area contributed by atoms with E-state index in [1.54, 1.807) is 0 Å². The highest BCUT2D eigenvalue weighted by molar-refractivity contribution is 7.92. The van der Waals surface area contributed by atoms with Crippen LogP contribution in [0.25, 0.3) is 0 Å². The molecule has 3 N–H and O–H groups in total. The zero-order valence-corrected chi connectivity index (χ0v) is 11.8. The van der Waals surface area contributed by atoms with E-state index in [-0.39, 0.29) is 22.3 Å². The highest BCUT2D eigenvalue weighted by Gasteiger charge is 2.23. The SMILES string of the molecule is Cc1noc(NS(=O)(=O)c2cc(C(=O)O)c(O)cc2C)n1. The molecule has 0 unspecified atom stereocenters. The van der Waals surface area contributed by atoms with Crippen LogP contribution < -0.4 is 4.72 Å². The smallest absolute Gasteiger partial charge is 0.339 e. The van der Waals surface area contributed by atoms with Gasteiger partial charge >= 0.3 is 12.0 Å². The molecule has 10 heteroatoms. The molecule has 0 spiro atoms. The molecule has 0 radical (unpaired) electrons. The van der Waals surface area contributed by atoms with Gasteiger partial charge in [0.05, 0.1) is 4.90 Å². The van der Waals surface area contributed by atoms with E-state index >= 15 is 0 Å². The molecule has 0 saturated heterocycles. The zero-order valence-electron chi connectivity index (χ0n) is 11.0. The maximum absolute atomic E-state index is 12.2. The number of carbonyl (C=O) groups is 1. The van der Waals surface area contributed by atoms with E-state index in [1.165, 1.54) is 13.8 Å². The minimum absolute atomic E-state index is 0.168. The van der Waals surface area contributed by atoms with E-state index in [0.717, 1.165) is 12.1 Å². The number of hydrogen-bond acceptors (Lipinski definition) is 7. The van der Waals surface area contributed by atoms with Gasteiger partial charge in [0.2, 0.25) is 0 Å². The number of aromatic carboxylic acids is 1. The van der Waals surface area contributed by atoms with Crippen molar-refractivity contribution >= 4 is 22.0 Å². The Morgan fingerprint density at radius 3 is 2.52 bits per heavy atom. The summed E-state index contributed by atoms with van der Waals surface area (Å²) in [7, 11) is -4.12. The molecule has 21 heavy (non-hydrogen) atoms. The highest BCUT2D eigenvalue weighted by atomic mass is 32.2. The zero-order chi connectivity index (χ0) is 15.8. The van der Waals surface area contributed by atoms with Gasteiger partial charge in [-0.25, -0.2) is 17.9 Å². The number of rotatable bonds is 4. The Hall–Kier alpha value is -2.62. The van der Waals surface area contributed by atoms with Gasteiger partial charge < -0.3 is 14.7 Å². The van der Waals surface area contributed by atoms with Gasteiger partial charge in [-0.1, -0.05) is 5.16 Å². The molecule has 0 aliphatic heterocycles. The monoisotopic (exact) mass is 313 g/mol. The molecule has 1 heterocycles. The minimum Gasteiger partial charge on any atom is -0.507 e. The van der Waals surface area contributed by atoms with Crippen LogP contribution in [0, 0.1) is 13.8 Å². The first-order valence-electron chi connectivity index (χ1n) is 5.61. The standard InChI is InChI=1S/C11H11N3O6S/c1-5-3-8(15)7(10(16)17)4-9(5)21(18,19)14-11-12-6(2)13-20-11/h3-4,15H,1-2H3,(H,16,17)(H,12,13,14). The van der Waals surface area contributed by atoms with E-state index in [4.69, 9.17) is 5.11 Å². The second-order valence-electron chi connectivity index (χ2n) is 4.19. The van der Waals surface area contributed by atoms with E-state index in [9.17, 15) is 18.3 Å². The van der Waals surface area contributed by atoms with Gasteiger partial charge in [-0.2, -0.15) is 4.98 Å². The summed E-state index contributed by atoms with van der Waals surface area (Å²) < 4.78 is 31.1. The fourth-order valence-corrected chi connectivity index (χ4v) is 2.82. The molecule has 0 aliphatic rings. The first-order chi connectivity index (χ1) is 9.70. The van der Waals surface area contributed by atoms with E-state index in [2.05, 4.69) is 14.7 Å². The average Bonchev–Trinajstić information content (AvgIpc) is 2.72. The van der Waals surface area contributed by atoms with Crippen molar-refractivity contribution in [2.45, 2.75) is 18.7 Å². The molecule has 0 fully saturated rings. The first kappa shape index (κ1) is 14.8. The third kappa shape index (κ3) is 2.94.